The van der Waals surface area contributed by atoms with Crippen molar-refractivity contribution in [1.29, 1.82) is 0 Å². The molecular formula is C14H25IN4O2S2. The molecule has 0 saturated heterocycles. The first-order chi connectivity index (χ1) is 10.4. The van der Waals surface area contributed by atoms with Crippen LogP contribution in [0.25, 0.3) is 0 Å². The molecule has 0 spiro atoms. The molecule has 1 aromatic rings. The highest BCUT2D eigenvalue weighted by Crippen LogP contribution is 2.22. The number of hydrogen-bond acceptors (Lipinski definition) is 4. The van der Waals surface area contributed by atoms with E-state index in [1.807, 2.05) is 25.1 Å². The highest BCUT2D eigenvalue weighted by molar-refractivity contribution is 14.0. The van der Waals surface area contributed by atoms with Crippen molar-refractivity contribution in [3.8, 4) is 0 Å². The van der Waals surface area contributed by atoms with Gasteiger partial charge in [-0.3, -0.25) is 4.99 Å². The average molecular weight is 472 g/mol. The van der Waals surface area contributed by atoms with Gasteiger partial charge in [0.2, 0.25) is 10.0 Å². The average Bonchev–Trinajstić information content (AvgIpc) is 2.44. The van der Waals surface area contributed by atoms with Gasteiger partial charge in [0.25, 0.3) is 0 Å². The lowest BCUT2D eigenvalue weighted by Gasteiger charge is -2.13. The molecule has 0 aliphatic heterocycles. The predicted octanol–water partition coefficient (Wildman–Crippen LogP) is 1.63. The molecule has 1 rings (SSSR count). The van der Waals surface area contributed by atoms with E-state index < -0.39 is 10.0 Å². The number of primary sulfonamides is 1. The molecule has 1 atom stereocenters. The molecule has 0 aromatic heterocycles. The van der Waals surface area contributed by atoms with Crippen LogP contribution >= 0.6 is 35.7 Å². The monoisotopic (exact) mass is 472 g/mol. The minimum atomic E-state index is -3.46. The molecule has 1 unspecified atom stereocenters. The molecule has 1 aromatic carbocycles. The van der Waals surface area contributed by atoms with Gasteiger partial charge < -0.3 is 10.6 Å². The van der Waals surface area contributed by atoms with Gasteiger partial charge in [-0.2, -0.15) is 0 Å². The number of rotatable bonds is 8. The molecule has 0 amide bonds. The Labute approximate surface area is 160 Å². The van der Waals surface area contributed by atoms with Crippen molar-refractivity contribution in [3.05, 3.63) is 30.3 Å². The molecule has 0 bridgehead atoms. The summed E-state index contributed by atoms with van der Waals surface area (Å²) in [4.78, 5) is 5.67. The minimum absolute atomic E-state index is 0. The van der Waals surface area contributed by atoms with Crippen LogP contribution in [-0.2, 0) is 10.0 Å². The Morgan fingerprint density at radius 1 is 1.30 bits per heavy atom. The summed E-state index contributed by atoms with van der Waals surface area (Å²) >= 11 is 1.75. The SMILES string of the molecule is CCNC(=NCC(C)Sc1ccccc1)NCCS(N)(=O)=O.I. The Morgan fingerprint density at radius 3 is 2.52 bits per heavy atom. The van der Waals surface area contributed by atoms with E-state index in [-0.39, 0.29) is 36.3 Å². The van der Waals surface area contributed by atoms with Crippen molar-refractivity contribution < 1.29 is 8.42 Å². The van der Waals surface area contributed by atoms with Gasteiger partial charge in [-0.25, -0.2) is 13.6 Å². The summed E-state index contributed by atoms with van der Waals surface area (Å²) in [5, 5.41) is 11.3. The lowest BCUT2D eigenvalue weighted by molar-refractivity contribution is 0.596. The number of nitrogens with zero attached hydrogens (tertiary/aromatic N) is 1. The van der Waals surface area contributed by atoms with Crippen LogP contribution in [0.1, 0.15) is 13.8 Å². The molecule has 4 N–H and O–H groups in total. The highest BCUT2D eigenvalue weighted by Gasteiger charge is 2.06. The van der Waals surface area contributed by atoms with E-state index in [0.29, 0.717) is 24.3 Å². The topological polar surface area (TPSA) is 96.6 Å². The zero-order valence-electron chi connectivity index (χ0n) is 13.4. The largest absolute Gasteiger partial charge is 0.357 e. The summed E-state index contributed by atoms with van der Waals surface area (Å²) in [5.74, 6) is 0.484. The number of guanidine groups is 1. The van der Waals surface area contributed by atoms with Gasteiger partial charge in [0, 0.05) is 23.2 Å². The van der Waals surface area contributed by atoms with Gasteiger partial charge in [-0.05, 0) is 19.1 Å². The van der Waals surface area contributed by atoms with E-state index in [2.05, 4.69) is 34.7 Å². The van der Waals surface area contributed by atoms with Crippen molar-refractivity contribution in [2.75, 3.05) is 25.4 Å². The number of benzene rings is 1. The van der Waals surface area contributed by atoms with Crippen LogP contribution < -0.4 is 15.8 Å². The highest BCUT2D eigenvalue weighted by atomic mass is 127. The van der Waals surface area contributed by atoms with Gasteiger partial charge in [0.15, 0.2) is 5.96 Å². The summed E-state index contributed by atoms with van der Waals surface area (Å²) in [6.45, 7) is 5.64. The standard InChI is InChI=1S/C14H24N4O2S2.HI/c1-3-16-14(17-9-10-22(15,19)20)18-11-12(2)21-13-7-5-4-6-8-13;/h4-8,12H,3,9-11H2,1-2H3,(H2,15,19,20)(H2,16,17,18);1H. The van der Waals surface area contributed by atoms with Crippen molar-refractivity contribution in [2.45, 2.75) is 24.0 Å². The zero-order chi connectivity index (χ0) is 16.4. The molecule has 132 valence electrons. The first kappa shape index (κ1) is 22.5. The molecule has 6 nitrogen and oxygen atoms in total. The quantitative estimate of drug-likeness (QED) is 0.231. The second-order valence-electron chi connectivity index (χ2n) is 4.75. The summed E-state index contributed by atoms with van der Waals surface area (Å²) in [5.41, 5.74) is 0. The number of aliphatic imine (C=N–C) groups is 1. The van der Waals surface area contributed by atoms with Crippen LogP contribution in [0, 0.1) is 0 Å². The lowest BCUT2D eigenvalue weighted by atomic mass is 10.4. The second kappa shape index (κ2) is 11.9. The van der Waals surface area contributed by atoms with Crippen molar-refractivity contribution in [1.82, 2.24) is 10.6 Å². The number of hydrogen-bond donors (Lipinski definition) is 3. The lowest BCUT2D eigenvalue weighted by Crippen LogP contribution is -2.40. The Hall–Kier alpha value is -0.520. The third-order valence-electron chi connectivity index (χ3n) is 2.61. The first-order valence-corrected chi connectivity index (χ1v) is 9.74. The Kier molecular flexibility index (Phi) is 11.7. The van der Waals surface area contributed by atoms with E-state index in [1.165, 1.54) is 4.90 Å². The first-order valence-electron chi connectivity index (χ1n) is 7.15. The predicted molar refractivity (Wildman–Crippen MR) is 109 cm³/mol. The molecule has 0 aliphatic rings. The zero-order valence-corrected chi connectivity index (χ0v) is 17.3. The number of nitrogens with two attached hydrogens (primary N) is 1. The summed E-state index contributed by atoms with van der Waals surface area (Å²) in [6, 6.07) is 10.2. The van der Waals surface area contributed by atoms with Crippen LogP contribution in [0.15, 0.2) is 40.2 Å². The van der Waals surface area contributed by atoms with E-state index >= 15 is 0 Å². The van der Waals surface area contributed by atoms with Crippen molar-refractivity contribution >= 4 is 51.7 Å². The smallest absolute Gasteiger partial charge is 0.210 e. The normalized spacial score (nSPS) is 13.1. The number of halogens is 1. The van der Waals surface area contributed by atoms with Gasteiger partial charge in [0.1, 0.15) is 0 Å². The van der Waals surface area contributed by atoms with Crippen LogP contribution in [-0.4, -0.2) is 45.0 Å². The fraction of sp³-hybridized carbons (Fsp3) is 0.500. The van der Waals surface area contributed by atoms with Crippen LogP contribution in [0.5, 0.6) is 0 Å². The third kappa shape index (κ3) is 11.6. The summed E-state index contributed by atoms with van der Waals surface area (Å²) in [7, 11) is -3.46. The molecule has 23 heavy (non-hydrogen) atoms. The van der Waals surface area contributed by atoms with Crippen LogP contribution in [0.3, 0.4) is 0 Å². The Morgan fingerprint density at radius 2 is 1.96 bits per heavy atom. The number of thioether (sulfide) groups is 1. The molecule has 9 heteroatoms. The van der Waals surface area contributed by atoms with Gasteiger partial charge >= 0.3 is 0 Å². The molecule has 0 aliphatic carbocycles. The summed E-state index contributed by atoms with van der Waals surface area (Å²) in [6.07, 6.45) is 0. The van der Waals surface area contributed by atoms with Gasteiger partial charge in [-0.1, -0.05) is 25.1 Å². The van der Waals surface area contributed by atoms with Crippen LogP contribution in [0.4, 0.5) is 0 Å². The fourth-order valence-corrected chi connectivity index (χ4v) is 2.96. The second-order valence-corrected chi connectivity index (χ2v) is 8.00. The van der Waals surface area contributed by atoms with Gasteiger partial charge in [0.05, 0.1) is 12.3 Å². The van der Waals surface area contributed by atoms with E-state index in [0.717, 1.165) is 0 Å². The maximum atomic E-state index is 10.9. The van der Waals surface area contributed by atoms with Gasteiger partial charge in [-0.15, -0.1) is 35.7 Å². The Bertz CT molecular complexity index is 567. The minimum Gasteiger partial charge on any atom is -0.357 e. The van der Waals surface area contributed by atoms with Crippen LogP contribution in [0.2, 0.25) is 0 Å². The molecule has 0 radical (unpaired) electrons. The van der Waals surface area contributed by atoms with E-state index in [9.17, 15) is 8.42 Å². The summed E-state index contributed by atoms with van der Waals surface area (Å²) < 4.78 is 21.8. The van der Waals surface area contributed by atoms with Crippen molar-refractivity contribution in [2.24, 2.45) is 10.1 Å². The van der Waals surface area contributed by atoms with Crippen molar-refractivity contribution in [3.63, 3.8) is 0 Å². The number of nitrogens with one attached hydrogen (secondary N) is 2. The maximum Gasteiger partial charge on any atom is 0.210 e. The molecular weight excluding hydrogens is 447 g/mol. The Balaban J connectivity index is 0.00000484. The fourth-order valence-electron chi connectivity index (χ4n) is 1.64. The number of sulfonamides is 1. The maximum absolute atomic E-state index is 10.9. The molecule has 0 fully saturated rings. The molecule has 0 saturated carbocycles. The molecule has 0 heterocycles. The third-order valence-corrected chi connectivity index (χ3v) is 4.48. The van der Waals surface area contributed by atoms with E-state index in [4.69, 9.17) is 5.14 Å². The van der Waals surface area contributed by atoms with E-state index in [1.54, 1.807) is 11.8 Å².